The Bertz CT molecular complexity index is 913. The van der Waals surface area contributed by atoms with Crippen molar-refractivity contribution >= 4 is 11.4 Å². The van der Waals surface area contributed by atoms with Crippen LogP contribution in [0.25, 0.3) is 11.3 Å². The molecule has 3 rings (SSSR count). The fraction of sp³-hybridized carbons (Fsp3) is 0.381. The average Bonchev–Trinajstić information content (AvgIpc) is 3.17. The Labute approximate surface area is 155 Å². The zero-order valence-electron chi connectivity index (χ0n) is 15.9. The Hall–Kier alpha value is -2.87. The largest absolute Gasteiger partial charge is 0.369 e. The van der Waals surface area contributed by atoms with Crippen LogP contribution in [0.4, 0.5) is 5.82 Å². The van der Waals surface area contributed by atoms with E-state index in [9.17, 15) is 5.26 Å². The van der Waals surface area contributed by atoms with Crippen LogP contribution in [0.15, 0.2) is 36.7 Å². The van der Waals surface area contributed by atoms with Crippen molar-refractivity contribution in [3.63, 3.8) is 0 Å². The standard InChI is InChI=1S/C21H25N5/c1-13(2)8-17(10-22)9-14(3)18-12-26(25-16(18)5)19-6-7-23-21-20(19)15(4)11-24-21/h6-7,9,12,15,17H,1,8,11H2,2-5H3,(H,23,24)/b14-9+/t15?,17-/m1/s1. The number of pyridine rings is 1. The monoisotopic (exact) mass is 347 g/mol. The molecular formula is C21H25N5. The van der Waals surface area contributed by atoms with E-state index in [2.05, 4.69) is 36.1 Å². The van der Waals surface area contributed by atoms with Gasteiger partial charge in [0, 0.05) is 36.0 Å². The van der Waals surface area contributed by atoms with Crippen molar-refractivity contribution in [3.05, 3.63) is 53.5 Å². The van der Waals surface area contributed by atoms with Gasteiger partial charge in [-0.2, -0.15) is 10.4 Å². The molecule has 1 N–H and O–H groups in total. The fourth-order valence-electron chi connectivity index (χ4n) is 3.52. The molecule has 0 bridgehead atoms. The van der Waals surface area contributed by atoms with Crippen molar-refractivity contribution in [2.24, 2.45) is 5.92 Å². The minimum absolute atomic E-state index is 0.162. The van der Waals surface area contributed by atoms with Crippen molar-refractivity contribution in [1.29, 1.82) is 5.26 Å². The first-order valence-corrected chi connectivity index (χ1v) is 8.93. The molecule has 0 aromatic carbocycles. The first-order valence-electron chi connectivity index (χ1n) is 8.93. The molecular weight excluding hydrogens is 322 g/mol. The van der Waals surface area contributed by atoms with Crippen LogP contribution in [0, 0.1) is 24.2 Å². The molecule has 5 nitrogen and oxygen atoms in total. The predicted molar refractivity (Wildman–Crippen MR) is 105 cm³/mol. The van der Waals surface area contributed by atoms with Crippen molar-refractivity contribution in [2.45, 2.75) is 40.0 Å². The highest BCUT2D eigenvalue weighted by molar-refractivity contribution is 5.67. The van der Waals surface area contributed by atoms with Crippen LogP contribution in [0.3, 0.4) is 0 Å². The first-order chi connectivity index (χ1) is 12.4. The number of aryl methyl sites for hydroxylation is 1. The summed E-state index contributed by atoms with van der Waals surface area (Å²) in [6.45, 7) is 13.0. The SMILES string of the molecule is C=C(C)C[C@@H](C#N)/C=C(\C)c1cn(-c2ccnc3c2C(C)CN3)nc1C. The van der Waals surface area contributed by atoms with Gasteiger partial charge in [-0.15, -0.1) is 6.58 Å². The molecule has 0 aliphatic carbocycles. The number of fused-ring (bicyclic) bond motifs is 1. The lowest BCUT2D eigenvalue weighted by Gasteiger charge is -2.10. The number of nitrogens with one attached hydrogen (secondary N) is 1. The van der Waals surface area contributed by atoms with E-state index in [4.69, 9.17) is 5.10 Å². The molecule has 2 atom stereocenters. The zero-order valence-corrected chi connectivity index (χ0v) is 15.9. The van der Waals surface area contributed by atoms with Crippen LogP contribution in [0.2, 0.25) is 0 Å². The van der Waals surface area contributed by atoms with Crippen LogP contribution >= 0.6 is 0 Å². The minimum atomic E-state index is -0.162. The summed E-state index contributed by atoms with van der Waals surface area (Å²) in [7, 11) is 0. The average molecular weight is 347 g/mol. The van der Waals surface area contributed by atoms with Gasteiger partial charge in [-0.05, 0) is 38.8 Å². The molecule has 3 heterocycles. The van der Waals surface area contributed by atoms with Crippen LogP contribution in [-0.4, -0.2) is 21.3 Å². The number of allylic oxidation sites excluding steroid dienone is 3. The van der Waals surface area contributed by atoms with Gasteiger partial charge in [-0.25, -0.2) is 9.67 Å². The van der Waals surface area contributed by atoms with E-state index in [0.717, 1.165) is 40.5 Å². The van der Waals surface area contributed by atoms with E-state index >= 15 is 0 Å². The molecule has 1 unspecified atom stereocenters. The smallest absolute Gasteiger partial charge is 0.131 e. The maximum Gasteiger partial charge on any atom is 0.131 e. The molecule has 0 amide bonds. The van der Waals surface area contributed by atoms with E-state index < -0.39 is 0 Å². The number of nitriles is 1. The van der Waals surface area contributed by atoms with Gasteiger partial charge in [0.25, 0.3) is 0 Å². The Morgan fingerprint density at radius 3 is 3.00 bits per heavy atom. The summed E-state index contributed by atoms with van der Waals surface area (Å²) in [5, 5.41) is 17.5. The lowest BCUT2D eigenvalue weighted by atomic mass is 9.97. The third kappa shape index (κ3) is 3.41. The molecule has 26 heavy (non-hydrogen) atoms. The number of aromatic nitrogens is 3. The lowest BCUT2D eigenvalue weighted by molar-refractivity contribution is 0.803. The van der Waals surface area contributed by atoms with Crippen molar-refractivity contribution in [2.75, 3.05) is 11.9 Å². The second kappa shape index (κ2) is 7.17. The topological polar surface area (TPSA) is 66.5 Å². The number of nitrogens with zero attached hydrogens (tertiary/aromatic N) is 4. The number of hydrogen-bond acceptors (Lipinski definition) is 4. The van der Waals surface area contributed by atoms with Gasteiger partial charge in [0.15, 0.2) is 0 Å². The third-order valence-corrected chi connectivity index (χ3v) is 4.79. The van der Waals surface area contributed by atoms with Crippen LogP contribution in [0.1, 0.15) is 49.9 Å². The molecule has 1 aliphatic rings. The molecule has 0 radical (unpaired) electrons. The Morgan fingerprint density at radius 1 is 1.54 bits per heavy atom. The normalized spacial score (nSPS) is 17.3. The highest BCUT2D eigenvalue weighted by Crippen LogP contribution is 2.34. The minimum Gasteiger partial charge on any atom is -0.369 e. The summed E-state index contributed by atoms with van der Waals surface area (Å²) in [5.41, 5.74) is 6.38. The van der Waals surface area contributed by atoms with Gasteiger partial charge < -0.3 is 5.32 Å². The Morgan fingerprint density at radius 2 is 2.31 bits per heavy atom. The summed E-state index contributed by atoms with van der Waals surface area (Å²) < 4.78 is 1.94. The number of anilines is 1. The van der Waals surface area contributed by atoms with Crippen molar-refractivity contribution in [3.8, 4) is 11.8 Å². The predicted octanol–water partition coefficient (Wildman–Crippen LogP) is 4.61. The van der Waals surface area contributed by atoms with E-state index in [1.807, 2.05) is 43.8 Å². The van der Waals surface area contributed by atoms with E-state index in [0.29, 0.717) is 12.3 Å². The Kier molecular flexibility index (Phi) is 4.94. The van der Waals surface area contributed by atoms with Crippen molar-refractivity contribution in [1.82, 2.24) is 14.8 Å². The summed E-state index contributed by atoms with van der Waals surface area (Å²) in [6.07, 6.45) is 6.57. The second-order valence-electron chi connectivity index (χ2n) is 7.19. The molecule has 2 aromatic rings. The zero-order chi connectivity index (χ0) is 18.8. The van der Waals surface area contributed by atoms with E-state index in [-0.39, 0.29) is 5.92 Å². The maximum absolute atomic E-state index is 9.39. The molecule has 0 saturated carbocycles. The summed E-state index contributed by atoms with van der Waals surface area (Å²) >= 11 is 0. The van der Waals surface area contributed by atoms with E-state index in [1.165, 1.54) is 5.56 Å². The van der Waals surface area contributed by atoms with Crippen LogP contribution in [0.5, 0.6) is 0 Å². The van der Waals surface area contributed by atoms with Crippen molar-refractivity contribution < 1.29 is 0 Å². The number of hydrogen-bond donors (Lipinski definition) is 1. The van der Waals surface area contributed by atoms with E-state index in [1.54, 1.807) is 0 Å². The van der Waals surface area contributed by atoms with Crippen LogP contribution in [-0.2, 0) is 0 Å². The van der Waals surface area contributed by atoms with Gasteiger partial charge >= 0.3 is 0 Å². The van der Waals surface area contributed by atoms with Gasteiger partial charge in [0.2, 0.25) is 0 Å². The molecule has 0 saturated heterocycles. The third-order valence-electron chi connectivity index (χ3n) is 4.79. The Balaban J connectivity index is 1.97. The molecule has 134 valence electrons. The highest BCUT2D eigenvalue weighted by Gasteiger charge is 2.24. The molecule has 2 aromatic heterocycles. The van der Waals surface area contributed by atoms with Crippen LogP contribution < -0.4 is 5.32 Å². The molecule has 0 spiro atoms. The highest BCUT2D eigenvalue weighted by atomic mass is 15.3. The molecule has 0 fully saturated rings. The van der Waals surface area contributed by atoms with Gasteiger partial charge in [0.1, 0.15) is 5.82 Å². The quantitative estimate of drug-likeness (QED) is 0.802. The maximum atomic E-state index is 9.39. The second-order valence-corrected chi connectivity index (χ2v) is 7.19. The number of rotatable bonds is 5. The summed E-state index contributed by atoms with van der Waals surface area (Å²) in [6, 6.07) is 4.36. The summed E-state index contributed by atoms with van der Waals surface area (Å²) in [5.74, 6) is 1.18. The summed E-state index contributed by atoms with van der Waals surface area (Å²) in [4.78, 5) is 4.43. The molecule has 1 aliphatic heterocycles. The van der Waals surface area contributed by atoms with Gasteiger partial charge in [-0.3, -0.25) is 0 Å². The first kappa shape index (κ1) is 17.9. The van der Waals surface area contributed by atoms with Gasteiger partial charge in [0.05, 0.1) is 23.4 Å². The molecule has 5 heteroatoms. The lowest BCUT2D eigenvalue weighted by Crippen LogP contribution is -2.02. The van der Waals surface area contributed by atoms with Gasteiger partial charge in [-0.1, -0.05) is 18.6 Å². The fourth-order valence-corrected chi connectivity index (χ4v) is 3.52.